The van der Waals surface area contributed by atoms with Gasteiger partial charge in [0.2, 0.25) is 0 Å². The van der Waals surface area contributed by atoms with Crippen molar-refractivity contribution in [1.29, 1.82) is 0 Å². The first-order chi connectivity index (χ1) is 16.7. The lowest BCUT2D eigenvalue weighted by Gasteiger charge is -2.18. The number of halogens is 1. The van der Waals surface area contributed by atoms with Crippen LogP contribution in [0.15, 0.2) is 114 Å². The Balaban J connectivity index is 1.30. The predicted molar refractivity (Wildman–Crippen MR) is 145 cm³/mol. The molecular weight excluding hydrogens is 436 g/mol. The predicted octanol–water partition coefficient (Wildman–Crippen LogP) is 9.67. The second-order valence-electron chi connectivity index (χ2n) is 9.06. The van der Waals surface area contributed by atoms with Crippen LogP contribution in [0.2, 0.25) is 5.02 Å². The van der Waals surface area contributed by atoms with E-state index < -0.39 is 0 Å². The molecule has 0 spiro atoms. The maximum absolute atomic E-state index is 6.70. The Morgan fingerprint density at radius 1 is 0.735 bits per heavy atom. The Morgan fingerprint density at radius 2 is 1.47 bits per heavy atom. The summed E-state index contributed by atoms with van der Waals surface area (Å²) in [6.45, 7) is 0. The van der Waals surface area contributed by atoms with E-state index in [1.807, 2.05) is 6.07 Å². The first kappa shape index (κ1) is 19.6. The smallest absolute Gasteiger partial charge is 0.140 e. The van der Waals surface area contributed by atoms with Crippen LogP contribution < -0.4 is 0 Å². The van der Waals surface area contributed by atoms with E-state index in [4.69, 9.17) is 16.0 Å². The van der Waals surface area contributed by atoms with Crippen molar-refractivity contribution in [3.8, 4) is 0 Å². The van der Waals surface area contributed by atoms with Gasteiger partial charge in [-0.2, -0.15) is 0 Å². The molecule has 1 atom stereocenters. The van der Waals surface area contributed by atoms with Crippen LogP contribution >= 0.6 is 11.6 Å². The van der Waals surface area contributed by atoms with Crippen LogP contribution in [0, 0.1) is 0 Å². The van der Waals surface area contributed by atoms with Crippen molar-refractivity contribution < 1.29 is 4.42 Å². The summed E-state index contributed by atoms with van der Waals surface area (Å²) >= 11 is 6.70. The summed E-state index contributed by atoms with van der Waals surface area (Å²) in [5.74, 6) is 0.249. The highest BCUT2D eigenvalue weighted by atomic mass is 35.5. The number of allylic oxidation sites excluding steroid dienone is 4. The summed E-state index contributed by atoms with van der Waals surface area (Å²) in [6.07, 6.45) is 7.81. The molecule has 162 valence electrons. The molecule has 0 aliphatic heterocycles. The largest absolute Gasteiger partial charge is 0.456 e. The molecule has 6 aromatic rings. The van der Waals surface area contributed by atoms with Crippen LogP contribution in [0.1, 0.15) is 23.5 Å². The number of hydrogen-bond donors (Lipinski definition) is 0. The monoisotopic (exact) mass is 456 g/mol. The van der Waals surface area contributed by atoms with E-state index in [-0.39, 0.29) is 5.92 Å². The molecule has 1 aromatic heterocycles. The molecule has 1 aliphatic rings. The average Bonchev–Trinajstić information content (AvgIpc) is 3.26. The van der Waals surface area contributed by atoms with Crippen molar-refractivity contribution in [2.75, 3.05) is 0 Å². The van der Waals surface area contributed by atoms with Crippen LogP contribution in [0.4, 0.5) is 0 Å². The molecule has 0 amide bonds. The highest BCUT2D eigenvalue weighted by molar-refractivity contribution is 6.38. The topological polar surface area (TPSA) is 13.1 Å². The van der Waals surface area contributed by atoms with Crippen LogP contribution in [0.5, 0.6) is 0 Å². The fraction of sp³-hybridized carbons (Fsp3) is 0.0625. The highest BCUT2D eigenvalue weighted by Gasteiger charge is 2.20. The van der Waals surface area contributed by atoms with Gasteiger partial charge in [0.05, 0.1) is 5.02 Å². The molecule has 0 radical (unpaired) electrons. The van der Waals surface area contributed by atoms with Gasteiger partial charge in [0.15, 0.2) is 0 Å². The van der Waals surface area contributed by atoms with Gasteiger partial charge in [0, 0.05) is 22.3 Å². The molecule has 0 N–H and O–H groups in total. The van der Waals surface area contributed by atoms with E-state index in [9.17, 15) is 0 Å². The third-order valence-corrected chi connectivity index (χ3v) is 7.36. The summed E-state index contributed by atoms with van der Waals surface area (Å²) in [7, 11) is 0. The lowest BCUT2D eigenvalue weighted by Crippen LogP contribution is -1.99. The molecule has 2 heteroatoms. The van der Waals surface area contributed by atoms with Gasteiger partial charge in [0.1, 0.15) is 11.2 Å². The molecule has 1 unspecified atom stereocenters. The summed E-state index contributed by atoms with van der Waals surface area (Å²) in [5, 5.41) is 7.73. The second-order valence-corrected chi connectivity index (χ2v) is 9.47. The van der Waals surface area contributed by atoms with E-state index in [0.717, 1.165) is 33.4 Å². The fourth-order valence-corrected chi connectivity index (χ4v) is 5.52. The normalized spacial score (nSPS) is 16.0. The average molecular weight is 457 g/mol. The van der Waals surface area contributed by atoms with Crippen molar-refractivity contribution in [3.05, 3.63) is 125 Å². The second kappa shape index (κ2) is 7.62. The molecule has 1 nitrogen and oxygen atoms in total. The number of fused-ring (bicyclic) bond motifs is 5. The van der Waals surface area contributed by atoms with Crippen molar-refractivity contribution in [2.45, 2.75) is 12.3 Å². The van der Waals surface area contributed by atoms with Crippen LogP contribution in [0.25, 0.3) is 49.1 Å². The van der Waals surface area contributed by atoms with E-state index >= 15 is 0 Å². The molecule has 0 bridgehead atoms. The number of rotatable bonds is 2. The molecule has 5 aromatic carbocycles. The maximum Gasteiger partial charge on any atom is 0.140 e. The van der Waals surface area contributed by atoms with Crippen LogP contribution in [0.3, 0.4) is 0 Å². The Kier molecular flexibility index (Phi) is 4.40. The highest BCUT2D eigenvalue weighted by Crippen LogP contribution is 2.42. The first-order valence-electron chi connectivity index (χ1n) is 11.7. The fourth-order valence-electron chi connectivity index (χ4n) is 5.27. The number of hydrogen-bond acceptors (Lipinski definition) is 1. The van der Waals surface area contributed by atoms with Crippen molar-refractivity contribution in [3.63, 3.8) is 0 Å². The number of furan rings is 1. The van der Waals surface area contributed by atoms with E-state index in [2.05, 4.69) is 103 Å². The first-order valence-corrected chi connectivity index (χ1v) is 12.0. The Morgan fingerprint density at radius 3 is 2.24 bits per heavy atom. The molecule has 34 heavy (non-hydrogen) atoms. The lowest BCUT2D eigenvalue weighted by molar-refractivity contribution is 0.658. The van der Waals surface area contributed by atoms with Crippen LogP contribution in [-0.2, 0) is 0 Å². The Bertz CT molecular complexity index is 1800. The molecule has 0 fully saturated rings. The Hall–Kier alpha value is -3.81. The summed E-state index contributed by atoms with van der Waals surface area (Å²) in [5.41, 5.74) is 5.49. The molecule has 1 aliphatic carbocycles. The zero-order chi connectivity index (χ0) is 22.6. The van der Waals surface area contributed by atoms with Gasteiger partial charge in [-0.3, -0.25) is 0 Å². The van der Waals surface area contributed by atoms with Crippen molar-refractivity contribution in [2.24, 2.45) is 0 Å². The standard InChI is InChI=1S/C32H21ClO/c33-29-16-15-27(32-31(29)28-18-24-7-3-4-8-25(24)19-30(28)34-32)22-12-9-21(10-13-22)26-14-11-20-5-1-2-6-23(20)17-26/h1-12,14-19,22H,13H2. The quantitative estimate of drug-likeness (QED) is 0.252. The zero-order valence-corrected chi connectivity index (χ0v) is 19.2. The molecule has 0 saturated heterocycles. The van der Waals surface area contributed by atoms with Crippen molar-refractivity contribution >= 4 is 60.7 Å². The molecule has 1 heterocycles. The minimum Gasteiger partial charge on any atom is -0.456 e. The molecular formula is C32H21ClO. The molecule has 7 rings (SSSR count). The van der Waals surface area contributed by atoms with Gasteiger partial charge in [-0.15, -0.1) is 0 Å². The van der Waals surface area contributed by atoms with Crippen LogP contribution in [-0.4, -0.2) is 0 Å². The van der Waals surface area contributed by atoms with Gasteiger partial charge in [-0.1, -0.05) is 96.6 Å². The minimum atomic E-state index is 0.249. The zero-order valence-electron chi connectivity index (χ0n) is 18.5. The molecule has 0 saturated carbocycles. The summed E-state index contributed by atoms with van der Waals surface area (Å²) in [6, 6.07) is 32.0. The van der Waals surface area contributed by atoms with Gasteiger partial charge in [-0.05, 0) is 63.4 Å². The SMILES string of the molecule is Clc1ccc(C2C=CC(c3ccc4ccccc4c3)=CC2)c2oc3cc4ccccc4cc3c12. The maximum atomic E-state index is 6.70. The van der Waals surface area contributed by atoms with E-state index in [1.165, 1.54) is 38.2 Å². The number of benzene rings is 5. The summed E-state index contributed by atoms with van der Waals surface area (Å²) in [4.78, 5) is 0. The van der Waals surface area contributed by atoms with Gasteiger partial charge in [-0.25, -0.2) is 0 Å². The van der Waals surface area contributed by atoms with Crippen molar-refractivity contribution in [1.82, 2.24) is 0 Å². The van der Waals surface area contributed by atoms with E-state index in [0.29, 0.717) is 0 Å². The minimum absolute atomic E-state index is 0.249. The van der Waals surface area contributed by atoms with E-state index in [1.54, 1.807) is 0 Å². The van der Waals surface area contributed by atoms with Gasteiger partial charge < -0.3 is 4.42 Å². The third kappa shape index (κ3) is 3.09. The van der Waals surface area contributed by atoms with Gasteiger partial charge in [0.25, 0.3) is 0 Å². The van der Waals surface area contributed by atoms with Gasteiger partial charge >= 0.3 is 0 Å². The Labute approximate surface area is 202 Å². The summed E-state index contributed by atoms with van der Waals surface area (Å²) < 4.78 is 6.45. The third-order valence-electron chi connectivity index (χ3n) is 7.05. The lowest BCUT2D eigenvalue weighted by atomic mass is 9.87.